The average Bonchev–Trinajstić information content (AvgIpc) is 2.37. The highest BCUT2D eigenvalue weighted by atomic mass is 79.9. The van der Waals surface area contributed by atoms with Gasteiger partial charge >= 0.3 is 0 Å². The molecule has 0 aliphatic rings. The Kier molecular flexibility index (Phi) is 4.27. The van der Waals surface area contributed by atoms with Crippen LogP contribution in [0.4, 0.5) is 0 Å². The molecule has 0 radical (unpaired) electrons. The number of halogens is 2. The van der Waals surface area contributed by atoms with E-state index < -0.39 is 6.10 Å². The van der Waals surface area contributed by atoms with E-state index in [-0.39, 0.29) is 0 Å². The molecule has 0 heterocycles. The van der Waals surface area contributed by atoms with Crippen LogP contribution in [0.25, 0.3) is 0 Å². The molecule has 18 heavy (non-hydrogen) atoms. The average molecular weight is 328 g/mol. The summed E-state index contributed by atoms with van der Waals surface area (Å²) in [4.78, 5) is 0. The molecule has 2 nitrogen and oxygen atoms in total. The summed E-state index contributed by atoms with van der Waals surface area (Å²) < 4.78 is 6.18. The summed E-state index contributed by atoms with van der Waals surface area (Å²) in [6, 6.07) is 12.7. The first-order valence-corrected chi connectivity index (χ1v) is 6.56. The quantitative estimate of drug-likeness (QED) is 0.916. The van der Waals surface area contributed by atoms with Crippen molar-refractivity contribution in [1.82, 2.24) is 0 Å². The maximum Gasteiger partial charge on any atom is 0.126 e. The van der Waals surface area contributed by atoms with Crippen molar-refractivity contribution >= 4 is 27.5 Å². The van der Waals surface area contributed by atoms with Crippen LogP contribution in [0.15, 0.2) is 46.9 Å². The van der Waals surface area contributed by atoms with Gasteiger partial charge in [-0.1, -0.05) is 45.7 Å². The zero-order valence-corrected chi connectivity index (χ0v) is 12.1. The molecule has 0 saturated heterocycles. The van der Waals surface area contributed by atoms with Crippen molar-refractivity contribution in [2.24, 2.45) is 0 Å². The molecule has 2 rings (SSSR count). The standard InChI is InChI=1S/C14H12BrClO2/c1-18-13-8-10(15)5-6-12(13)14(17)9-3-2-4-11(16)7-9/h2-8,14,17H,1H3. The highest BCUT2D eigenvalue weighted by Crippen LogP contribution is 2.32. The fraction of sp³-hybridized carbons (Fsp3) is 0.143. The summed E-state index contributed by atoms with van der Waals surface area (Å²) in [6.07, 6.45) is -0.758. The maximum absolute atomic E-state index is 10.4. The lowest BCUT2D eigenvalue weighted by atomic mass is 10.0. The van der Waals surface area contributed by atoms with E-state index in [1.165, 1.54) is 0 Å². The minimum absolute atomic E-state index is 0.600. The Morgan fingerprint density at radius 2 is 2.00 bits per heavy atom. The third kappa shape index (κ3) is 2.86. The van der Waals surface area contributed by atoms with Gasteiger partial charge in [0.15, 0.2) is 0 Å². The smallest absolute Gasteiger partial charge is 0.126 e. The van der Waals surface area contributed by atoms with Gasteiger partial charge in [-0.2, -0.15) is 0 Å². The maximum atomic E-state index is 10.4. The van der Waals surface area contributed by atoms with Gasteiger partial charge in [-0.3, -0.25) is 0 Å². The molecule has 0 aliphatic heterocycles. The van der Waals surface area contributed by atoms with Crippen LogP contribution in [-0.4, -0.2) is 12.2 Å². The Morgan fingerprint density at radius 1 is 1.22 bits per heavy atom. The molecule has 94 valence electrons. The predicted molar refractivity (Wildman–Crippen MR) is 76.2 cm³/mol. The van der Waals surface area contributed by atoms with E-state index in [1.54, 1.807) is 19.2 Å². The van der Waals surface area contributed by atoms with Crippen LogP contribution >= 0.6 is 27.5 Å². The minimum atomic E-state index is -0.758. The lowest BCUT2D eigenvalue weighted by Gasteiger charge is -2.15. The van der Waals surface area contributed by atoms with E-state index in [0.29, 0.717) is 16.3 Å². The molecule has 0 aromatic heterocycles. The SMILES string of the molecule is COc1cc(Br)ccc1C(O)c1cccc(Cl)c1. The van der Waals surface area contributed by atoms with Crippen LogP contribution < -0.4 is 4.74 Å². The van der Waals surface area contributed by atoms with Gasteiger partial charge < -0.3 is 9.84 Å². The number of methoxy groups -OCH3 is 1. The van der Waals surface area contributed by atoms with Gasteiger partial charge in [0.2, 0.25) is 0 Å². The zero-order chi connectivity index (χ0) is 13.1. The molecule has 0 bridgehead atoms. The van der Waals surface area contributed by atoms with Crippen LogP contribution in [0.3, 0.4) is 0 Å². The van der Waals surface area contributed by atoms with Gasteiger partial charge in [-0.15, -0.1) is 0 Å². The number of aliphatic hydroxyl groups is 1. The van der Waals surface area contributed by atoms with E-state index >= 15 is 0 Å². The molecule has 0 fully saturated rings. The summed E-state index contributed by atoms with van der Waals surface area (Å²) in [5, 5.41) is 11.0. The van der Waals surface area contributed by atoms with E-state index in [9.17, 15) is 5.11 Å². The first-order valence-electron chi connectivity index (χ1n) is 5.39. The topological polar surface area (TPSA) is 29.5 Å². The molecule has 1 unspecified atom stereocenters. The van der Waals surface area contributed by atoms with E-state index in [2.05, 4.69) is 15.9 Å². The van der Waals surface area contributed by atoms with Crippen molar-refractivity contribution in [1.29, 1.82) is 0 Å². The van der Waals surface area contributed by atoms with E-state index in [0.717, 1.165) is 10.0 Å². The zero-order valence-electron chi connectivity index (χ0n) is 9.73. The van der Waals surface area contributed by atoms with Gasteiger partial charge in [-0.05, 0) is 29.8 Å². The molecule has 2 aromatic rings. The summed E-state index contributed by atoms with van der Waals surface area (Å²) in [5.41, 5.74) is 1.45. The molecule has 0 aliphatic carbocycles. The number of aliphatic hydroxyl groups excluding tert-OH is 1. The molecule has 1 N–H and O–H groups in total. The number of ether oxygens (including phenoxy) is 1. The predicted octanol–water partition coefficient (Wildman–Crippen LogP) is 4.19. The Balaban J connectivity index is 2.42. The second kappa shape index (κ2) is 5.74. The van der Waals surface area contributed by atoms with Crippen LogP contribution in [0.5, 0.6) is 5.75 Å². The molecule has 2 aromatic carbocycles. The molecular weight excluding hydrogens is 316 g/mol. The Bertz CT molecular complexity index is 557. The van der Waals surface area contributed by atoms with Gasteiger partial charge in [0.05, 0.1) is 7.11 Å². The molecule has 0 saturated carbocycles. The third-order valence-electron chi connectivity index (χ3n) is 2.65. The molecular formula is C14H12BrClO2. The van der Waals surface area contributed by atoms with Gasteiger partial charge in [0, 0.05) is 15.1 Å². The lowest BCUT2D eigenvalue weighted by molar-refractivity contribution is 0.214. The fourth-order valence-electron chi connectivity index (χ4n) is 1.77. The first kappa shape index (κ1) is 13.4. The fourth-order valence-corrected chi connectivity index (χ4v) is 2.31. The van der Waals surface area contributed by atoms with E-state index in [4.69, 9.17) is 16.3 Å². The summed E-state index contributed by atoms with van der Waals surface area (Å²) in [6.45, 7) is 0. The van der Waals surface area contributed by atoms with Crippen LogP contribution in [0, 0.1) is 0 Å². The third-order valence-corrected chi connectivity index (χ3v) is 3.38. The van der Waals surface area contributed by atoms with Crippen molar-refractivity contribution < 1.29 is 9.84 Å². The van der Waals surface area contributed by atoms with Crippen molar-refractivity contribution in [3.63, 3.8) is 0 Å². The van der Waals surface area contributed by atoms with Crippen molar-refractivity contribution in [2.45, 2.75) is 6.10 Å². The number of hydrogen-bond donors (Lipinski definition) is 1. The van der Waals surface area contributed by atoms with E-state index in [1.807, 2.05) is 30.3 Å². The first-order chi connectivity index (χ1) is 8.61. The van der Waals surface area contributed by atoms with Gasteiger partial charge in [-0.25, -0.2) is 0 Å². The van der Waals surface area contributed by atoms with Gasteiger partial charge in [0.25, 0.3) is 0 Å². The number of benzene rings is 2. The van der Waals surface area contributed by atoms with Crippen LogP contribution in [-0.2, 0) is 0 Å². The number of hydrogen-bond acceptors (Lipinski definition) is 2. The van der Waals surface area contributed by atoms with Crippen molar-refractivity contribution in [2.75, 3.05) is 7.11 Å². The summed E-state index contributed by atoms with van der Waals surface area (Å²) in [5.74, 6) is 0.636. The van der Waals surface area contributed by atoms with Crippen LogP contribution in [0.2, 0.25) is 5.02 Å². The van der Waals surface area contributed by atoms with Crippen molar-refractivity contribution in [3.05, 3.63) is 63.1 Å². The Labute approximate surface area is 119 Å². The summed E-state index contributed by atoms with van der Waals surface area (Å²) >= 11 is 9.30. The second-order valence-electron chi connectivity index (χ2n) is 3.84. The highest BCUT2D eigenvalue weighted by molar-refractivity contribution is 9.10. The molecule has 0 spiro atoms. The van der Waals surface area contributed by atoms with Crippen LogP contribution in [0.1, 0.15) is 17.2 Å². The molecule has 0 amide bonds. The molecule has 1 atom stereocenters. The minimum Gasteiger partial charge on any atom is -0.496 e. The second-order valence-corrected chi connectivity index (χ2v) is 5.20. The largest absolute Gasteiger partial charge is 0.496 e. The van der Waals surface area contributed by atoms with Gasteiger partial charge in [0.1, 0.15) is 11.9 Å². The Morgan fingerprint density at radius 3 is 2.67 bits per heavy atom. The monoisotopic (exact) mass is 326 g/mol. The normalized spacial score (nSPS) is 12.2. The highest BCUT2D eigenvalue weighted by Gasteiger charge is 2.15. The summed E-state index contributed by atoms with van der Waals surface area (Å²) in [7, 11) is 1.58. The Hall–Kier alpha value is -1.03. The lowest BCUT2D eigenvalue weighted by Crippen LogP contribution is -2.02. The molecule has 4 heteroatoms. The number of rotatable bonds is 3. The van der Waals surface area contributed by atoms with Crippen molar-refractivity contribution in [3.8, 4) is 5.75 Å².